The van der Waals surface area contributed by atoms with Crippen LogP contribution in [-0.2, 0) is 6.42 Å². The fourth-order valence-electron chi connectivity index (χ4n) is 2.93. The van der Waals surface area contributed by atoms with Crippen LogP contribution in [0.1, 0.15) is 22.0 Å². The summed E-state index contributed by atoms with van der Waals surface area (Å²) in [7, 11) is 0. The molecule has 3 heterocycles. The molecular formula is C19H17N3S2. The predicted molar refractivity (Wildman–Crippen MR) is 101 cm³/mol. The lowest BCUT2D eigenvalue weighted by Gasteiger charge is -2.04. The highest BCUT2D eigenvalue weighted by Gasteiger charge is 2.16. The highest BCUT2D eigenvalue weighted by molar-refractivity contribution is 7.12. The van der Waals surface area contributed by atoms with E-state index < -0.39 is 0 Å². The molecule has 0 unspecified atom stereocenters. The van der Waals surface area contributed by atoms with Crippen molar-refractivity contribution >= 4 is 22.7 Å². The lowest BCUT2D eigenvalue weighted by molar-refractivity contribution is 0.950. The quantitative estimate of drug-likeness (QED) is 0.502. The van der Waals surface area contributed by atoms with Gasteiger partial charge in [-0.25, -0.2) is 9.97 Å². The summed E-state index contributed by atoms with van der Waals surface area (Å²) in [4.78, 5) is 9.30. The second-order valence-electron chi connectivity index (χ2n) is 5.72. The Morgan fingerprint density at radius 2 is 1.92 bits per heavy atom. The second-order valence-corrected chi connectivity index (χ2v) is 7.54. The van der Waals surface area contributed by atoms with Crippen LogP contribution in [0.3, 0.4) is 0 Å². The third-order valence-corrected chi connectivity index (χ3v) is 5.67. The van der Waals surface area contributed by atoms with Gasteiger partial charge >= 0.3 is 0 Å². The van der Waals surface area contributed by atoms with E-state index in [-0.39, 0.29) is 0 Å². The van der Waals surface area contributed by atoms with Gasteiger partial charge < -0.3 is 0 Å². The van der Waals surface area contributed by atoms with E-state index in [1.54, 1.807) is 22.7 Å². The Balaban J connectivity index is 1.67. The monoisotopic (exact) mass is 351 g/mol. The summed E-state index contributed by atoms with van der Waals surface area (Å²) >= 11 is 3.38. The lowest BCUT2D eigenvalue weighted by atomic mass is 10.1. The van der Waals surface area contributed by atoms with Gasteiger partial charge in [-0.2, -0.15) is 0 Å². The Labute approximate surface area is 149 Å². The van der Waals surface area contributed by atoms with E-state index in [4.69, 9.17) is 4.98 Å². The molecule has 0 aliphatic rings. The van der Waals surface area contributed by atoms with Crippen LogP contribution >= 0.6 is 22.7 Å². The van der Waals surface area contributed by atoms with Gasteiger partial charge in [0, 0.05) is 40.3 Å². The number of aromatic nitrogens is 3. The molecule has 0 saturated heterocycles. The van der Waals surface area contributed by atoms with Crippen LogP contribution in [0, 0.1) is 13.8 Å². The summed E-state index contributed by atoms with van der Waals surface area (Å²) in [6.45, 7) is 4.26. The van der Waals surface area contributed by atoms with E-state index in [0.29, 0.717) is 0 Å². The van der Waals surface area contributed by atoms with E-state index in [1.165, 1.54) is 22.5 Å². The highest BCUT2D eigenvalue weighted by atomic mass is 32.1. The topological polar surface area (TPSA) is 30.7 Å². The van der Waals surface area contributed by atoms with Gasteiger partial charge in [-0.15, -0.1) is 22.7 Å². The molecule has 3 nitrogen and oxygen atoms in total. The molecule has 0 N–H and O–H groups in total. The van der Waals surface area contributed by atoms with Crippen LogP contribution in [-0.4, -0.2) is 14.5 Å². The molecule has 0 amide bonds. The largest absolute Gasteiger partial charge is 0.294 e. The van der Waals surface area contributed by atoms with Crippen molar-refractivity contribution in [3.05, 3.63) is 75.3 Å². The van der Waals surface area contributed by atoms with E-state index in [9.17, 15) is 0 Å². The highest BCUT2D eigenvalue weighted by Crippen LogP contribution is 2.31. The average Bonchev–Trinajstić information content (AvgIpc) is 3.30. The third-order valence-electron chi connectivity index (χ3n) is 4.07. The molecule has 0 aliphatic carbocycles. The van der Waals surface area contributed by atoms with Crippen molar-refractivity contribution in [3.8, 4) is 16.4 Å². The summed E-state index contributed by atoms with van der Waals surface area (Å²) in [6, 6.07) is 12.7. The number of nitrogens with zero attached hydrogens (tertiary/aromatic N) is 3. The second kappa shape index (κ2) is 6.34. The van der Waals surface area contributed by atoms with Gasteiger partial charge in [0.05, 0.1) is 10.7 Å². The fraction of sp³-hybridized carbons (Fsp3) is 0.158. The molecule has 0 atom stereocenters. The molecule has 5 heteroatoms. The van der Waals surface area contributed by atoms with E-state index in [0.717, 1.165) is 22.3 Å². The number of hydrogen-bond acceptors (Lipinski definition) is 4. The van der Waals surface area contributed by atoms with Crippen LogP contribution in [0.15, 0.2) is 53.4 Å². The summed E-state index contributed by atoms with van der Waals surface area (Å²) in [5.41, 5.74) is 5.93. The normalized spacial score (nSPS) is 11.1. The Kier molecular flexibility index (Phi) is 4.04. The number of thiazole rings is 2. The van der Waals surface area contributed by atoms with Crippen molar-refractivity contribution in [1.29, 1.82) is 0 Å². The maximum atomic E-state index is 4.86. The van der Waals surface area contributed by atoms with Gasteiger partial charge in [0.2, 0.25) is 0 Å². The van der Waals surface area contributed by atoms with Crippen molar-refractivity contribution in [2.24, 2.45) is 0 Å². The SMILES string of the molecule is Cc1cc(-c2csc(Cc3ccccc3)n2)c(C)n1-c1nccs1. The summed E-state index contributed by atoms with van der Waals surface area (Å²) in [5.74, 6) is 0. The Hall–Kier alpha value is -2.24. The fourth-order valence-corrected chi connectivity index (χ4v) is 4.51. The van der Waals surface area contributed by atoms with Crippen LogP contribution < -0.4 is 0 Å². The van der Waals surface area contributed by atoms with Crippen LogP contribution in [0.25, 0.3) is 16.4 Å². The lowest BCUT2D eigenvalue weighted by Crippen LogP contribution is -1.98. The molecule has 0 saturated carbocycles. The maximum Gasteiger partial charge on any atom is 0.193 e. The van der Waals surface area contributed by atoms with Gasteiger partial charge in [-0.1, -0.05) is 30.3 Å². The van der Waals surface area contributed by atoms with Crippen molar-refractivity contribution in [2.75, 3.05) is 0 Å². The van der Waals surface area contributed by atoms with E-state index in [1.807, 2.05) is 17.6 Å². The van der Waals surface area contributed by atoms with Crippen molar-refractivity contribution in [3.63, 3.8) is 0 Å². The molecular weight excluding hydrogens is 334 g/mol. The van der Waals surface area contributed by atoms with Crippen molar-refractivity contribution in [1.82, 2.24) is 14.5 Å². The zero-order valence-corrected chi connectivity index (χ0v) is 15.2. The molecule has 4 rings (SSSR count). The van der Waals surface area contributed by atoms with Gasteiger partial charge in [-0.05, 0) is 25.5 Å². The zero-order chi connectivity index (χ0) is 16.5. The Morgan fingerprint density at radius 3 is 2.67 bits per heavy atom. The first-order valence-electron chi connectivity index (χ1n) is 7.80. The van der Waals surface area contributed by atoms with E-state index >= 15 is 0 Å². The minimum atomic E-state index is 0.886. The molecule has 4 aromatic rings. The van der Waals surface area contributed by atoms with Crippen LogP contribution in [0.4, 0.5) is 0 Å². The van der Waals surface area contributed by atoms with Crippen molar-refractivity contribution < 1.29 is 0 Å². The third kappa shape index (κ3) is 2.81. The van der Waals surface area contributed by atoms with Crippen LogP contribution in [0.2, 0.25) is 0 Å². The number of rotatable bonds is 4. The molecule has 0 spiro atoms. The van der Waals surface area contributed by atoms with Crippen LogP contribution in [0.5, 0.6) is 0 Å². The van der Waals surface area contributed by atoms with E-state index in [2.05, 4.69) is 59.1 Å². The average molecular weight is 352 g/mol. The Morgan fingerprint density at radius 1 is 1.08 bits per heavy atom. The first-order chi connectivity index (χ1) is 11.7. The van der Waals surface area contributed by atoms with Gasteiger partial charge in [0.1, 0.15) is 0 Å². The van der Waals surface area contributed by atoms with Gasteiger partial charge in [0.25, 0.3) is 0 Å². The smallest absolute Gasteiger partial charge is 0.193 e. The molecule has 3 aromatic heterocycles. The predicted octanol–water partition coefficient (Wildman–Crippen LogP) is 5.26. The van der Waals surface area contributed by atoms with Crippen molar-refractivity contribution in [2.45, 2.75) is 20.3 Å². The zero-order valence-electron chi connectivity index (χ0n) is 13.6. The molecule has 24 heavy (non-hydrogen) atoms. The van der Waals surface area contributed by atoms with Gasteiger partial charge in [0.15, 0.2) is 5.13 Å². The number of hydrogen-bond donors (Lipinski definition) is 0. The molecule has 0 aliphatic heterocycles. The molecule has 120 valence electrons. The summed E-state index contributed by atoms with van der Waals surface area (Å²) in [5, 5.41) is 6.33. The standard InChI is InChI=1S/C19H17N3S2/c1-13-10-16(14(2)22(13)19-20-8-9-23-19)17-12-24-18(21-17)11-15-6-4-3-5-7-15/h3-10,12H,11H2,1-2H3. The molecule has 0 fully saturated rings. The number of aryl methyl sites for hydroxylation is 1. The molecule has 0 bridgehead atoms. The first-order valence-corrected chi connectivity index (χ1v) is 9.56. The van der Waals surface area contributed by atoms with Gasteiger partial charge in [-0.3, -0.25) is 4.57 Å². The summed E-state index contributed by atoms with van der Waals surface area (Å²) < 4.78 is 2.20. The minimum absolute atomic E-state index is 0.886. The minimum Gasteiger partial charge on any atom is -0.294 e. The summed E-state index contributed by atoms with van der Waals surface area (Å²) in [6.07, 6.45) is 2.73. The Bertz CT molecular complexity index is 950. The molecule has 0 radical (unpaired) electrons. The molecule has 1 aromatic carbocycles. The maximum absolute atomic E-state index is 4.86. The number of benzene rings is 1. The first kappa shape index (κ1) is 15.3.